The van der Waals surface area contributed by atoms with Crippen molar-refractivity contribution in [2.75, 3.05) is 6.61 Å². The number of hydrogen-bond donors (Lipinski definition) is 0. The number of benzene rings is 1. The van der Waals surface area contributed by atoms with E-state index in [2.05, 4.69) is 0 Å². The van der Waals surface area contributed by atoms with Gasteiger partial charge in [0.1, 0.15) is 11.3 Å². The molecule has 5 heteroatoms. The van der Waals surface area contributed by atoms with Gasteiger partial charge in [-0.3, -0.25) is 0 Å². The number of carbonyl (C=O) groups excluding carboxylic acids is 1. The van der Waals surface area contributed by atoms with Crippen molar-refractivity contribution in [3.63, 3.8) is 0 Å². The summed E-state index contributed by atoms with van der Waals surface area (Å²) in [5.74, 6) is 0.117. The van der Waals surface area contributed by atoms with E-state index in [1.165, 1.54) is 6.07 Å². The quantitative estimate of drug-likeness (QED) is 0.620. The zero-order valence-electron chi connectivity index (χ0n) is 11.4. The molecular weight excluding hydrogens is 260 g/mol. The first-order valence-corrected chi connectivity index (χ1v) is 6.44. The molecular formula is C15H16O5. The van der Waals surface area contributed by atoms with E-state index in [0.29, 0.717) is 11.3 Å². The van der Waals surface area contributed by atoms with Gasteiger partial charge in [-0.25, -0.2) is 9.59 Å². The maximum atomic E-state index is 11.5. The SMILES string of the molecule is CCC(C)OC(=O)COc1ccc2oc(=O)ccc2c1. The largest absolute Gasteiger partial charge is 0.482 e. The molecule has 0 bridgehead atoms. The van der Waals surface area contributed by atoms with Crippen LogP contribution < -0.4 is 10.4 Å². The molecule has 0 aliphatic carbocycles. The fraction of sp³-hybridized carbons (Fsp3) is 0.333. The monoisotopic (exact) mass is 276 g/mol. The van der Waals surface area contributed by atoms with E-state index in [1.54, 1.807) is 24.3 Å². The number of fused-ring (bicyclic) bond motifs is 1. The molecule has 0 saturated carbocycles. The van der Waals surface area contributed by atoms with Gasteiger partial charge in [0.25, 0.3) is 0 Å². The van der Waals surface area contributed by atoms with E-state index in [0.717, 1.165) is 11.8 Å². The lowest BCUT2D eigenvalue weighted by Crippen LogP contribution is -2.20. The highest BCUT2D eigenvalue weighted by Gasteiger charge is 2.09. The normalized spacial score (nSPS) is 12.1. The molecule has 0 spiro atoms. The first-order valence-electron chi connectivity index (χ1n) is 6.44. The van der Waals surface area contributed by atoms with E-state index >= 15 is 0 Å². The Balaban J connectivity index is 2.01. The van der Waals surface area contributed by atoms with Gasteiger partial charge in [0.15, 0.2) is 6.61 Å². The van der Waals surface area contributed by atoms with Crippen LogP contribution in [-0.4, -0.2) is 18.7 Å². The Kier molecular flexibility index (Phi) is 4.40. The van der Waals surface area contributed by atoms with Gasteiger partial charge >= 0.3 is 11.6 Å². The summed E-state index contributed by atoms with van der Waals surface area (Å²) in [4.78, 5) is 22.5. The summed E-state index contributed by atoms with van der Waals surface area (Å²) in [6.45, 7) is 3.62. The second-order valence-electron chi connectivity index (χ2n) is 4.45. The summed E-state index contributed by atoms with van der Waals surface area (Å²) < 4.78 is 15.5. The smallest absolute Gasteiger partial charge is 0.344 e. The van der Waals surface area contributed by atoms with E-state index in [1.807, 2.05) is 13.8 Å². The summed E-state index contributed by atoms with van der Waals surface area (Å²) in [6, 6.07) is 7.96. The minimum absolute atomic E-state index is 0.114. The topological polar surface area (TPSA) is 65.7 Å². The third-order valence-corrected chi connectivity index (χ3v) is 2.86. The van der Waals surface area contributed by atoms with Crippen LogP contribution in [-0.2, 0) is 9.53 Å². The highest BCUT2D eigenvalue weighted by atomic mass is 16.6. The van der Waals surface area contributed by atoms with Crippen LogP contribution >= 0.6 is 0 Å². The third kappa shape index (κ3) is 3.60. The molecule has 1 unspecified atom stereocenters. The molecule has 0 fully saturated rings. The van der Waals surface area contributed by atoms with Crippen LogP contribution in [0.1, 0.15) is 20.3 Å². The average molecular weight is 276 g/mol. The fourth-order valence-corrected chi connectivity index (χ4v) is 1.62. The van der Waals surface area contributed by atoms with Crippen LogP contribution in [0.15, 0.2) is 39.5 Å². The van der Waals surface area contributed by atoms with Gasteiger partial charge < -0.3 is 13.9 Å². The Labute approximate surface area is 116 Å². The number of esters is 1. The Morgan fingerprint density at radius 1 is 1.30 bits per heavy atom. The number of hydrogen-bond acceptors (Lipinski definition) is 5. The van der Waals surface area contributed by atoms with Crippen LogP contribution in [0.3, 0.4) is 0 Å². The molecule has 0 saturated heterocycles. The summed E-state index contributed by atoms with van der Waals surface area (Å²) in [6.07, 6.45) is 0.651. The van der Waals surface area contributed by atoms with E-state index in [-0.39, 0.29) is 12.7 Å². The Bertz CT molecular complexity index is 659. The molecule has 1 heterocycles. The van der Waals surface area contributed by atoms with Crippen molar-refractivity contribution in [3.8, 4) is 5.75 Å². The second-order valence-corrected chi connectivity index (χ2v) is 4.45. The zero-order chi connectivity index (χ0) is 14.5. The molecule has 1 aromatic carbocycles. The molecule has 2 rings (SSSR count). The minimum Gasteiger partial charge on any atom is -0.482 e. The van der Waals surface area contributed by atoms with E-state index in [9.17, 15) is 9.59 Å². The van der Waals surface area contributed by atoms with Gasteiger partial charge in [0.2, 0.25) is 0 Å². The molecule has 0 N–H and O–H groups in total. The maximum absolute atomic E-state index is 11.5. The van der Waals surface area contributed by atoms with Gasteiger partial charge in [-0.05, 0) is 37.6 Å². The number of rotatable bonds is 5. The Morgan fingerprint density at radius 3 is 2.85 bits per heavy atom. The molecule has 0 amide bonds. The third-order valence-electron chi connectivity index (χ3n) is 2.86. The number of carbonyl (C=O) groups is 1. The summed E-state index contributed by atoms with van der Waals surface area (Å²) >= 11 is 0. The van der Waals surface area contributed by atoms with Crippen molar-refractivity contribution in [3.05, 3.63) is 40.8 Å². The first kappa shape index (κ1) is 14.1. The summed E-state index contributed by atoms with van der Waals surface area (Å²) in [7, 11) is 0. The summed E-state index contributed by atoms with van der Waals surface area (Å²) in [5.41, 5.74) is 0.0790. The van der Waals surface area contributed by atoms with E-state index < -0.39 is 11.6 Å². The zero-order valence-corrected chi connectivity index (χ0v) is 11.4. The van der Waals surface area contributed by atoms with Crippen LogP contribution in [0, 0.1) is 0 Å². The Morgan fingerprint density at radius 2 is 2.10 bits per heavy atom. The molecule has 5 nitrogen and oxygen atoms in total. The molecule has 1 aromatic heterocycles. The van der Waals surface area contributed by atoms with Crippen LogP contribution in [0.5, 0.6) is 5.75 Å². The van der Waals surface area contributed by atoms with Gasteiger partial charge in [0.05, 0.1) is 6.10 Å². The summed E-state index contributed by atoms with van der Waals surface area (Å²) in [5, 5.41) is 0.734. The van der Waals surface area contributed by atoms with Crippen LogP contribution in [0.25, 0.3) is 11.0 Å². The van der Waals surface area contributed by atoms with Crippen molar-refractivity contribution in [1.29, 1.82) is 0 Å². The molecule has 0 aliphatic rings. The highest BCUT2D eigenvalue weighted by molar-refractivity contribution is 5.78. The molecule has 2 aromatic rings. The van der Waals surface area contributed by atoms with Crippen molar-refractivity contribution in [2.45, 2.75) is 26.4 Å². The predicted molar refractivity (Wildman–Crippen MR) is 73.8 cm³/mol. The molecule has 1 atom stereocenters. The molecule has 0 aliphatic heterocycles. The lowest BCUT2D eigenvalue weighted by Gasteiger charge is -2.11. The first-order chi connectivity index (χ1) is 9.58. The second kappa shape index (κ2) is 6.23. The van der Waals surface area contributed by atoms with Crippen molar-refractivity contribution in [2.24, 2.45) is 0 Å². The van der Waals surface area contributed by atoms with Crippen LogP contribution in [0.2, 0.25) is 0 Å². The van der Waals surface area contributed by atoms with Gasteiger partial charge in [0, 0.05) is 11.5 Å². The predicted octanol–water partition coefficient (Wildman–Crippen LogP) is 2.51. The molecule has 20 heavy (non-hydrogen) atoms. The molecule has 0 radical (unpaired) electrons. The minimum atomic E-state index is -0.404. The van der Waals surface area contributed by atoms with Crippen molar-refractivity contribution >= 4 is 16.9 Å². The lowest BCUT2D eigenvalue weighted by atomic mass is 10.2. The van der Waals surface area contributed by atoms with Crippen molar-refractivity contribution < 1.29 is 18.7 Å². The average Bonchev–Trinajstić information content (AvgIpc) is 2.44. The Hall–Kier alpha value is -2.30. The highest BCUT2D eigenvalue weighted by Crippen LogP contribution is 2.19. The van der Waals surface area contributed by atoms with E-state index in [4.69, 9.17) is 13.9 Å². The molecule has 106 valence electrons. The standard InChI is InChI=1S/C15H16O5/c1-3-10(2)19-15(17)9-18-12-5-6-13-11(8-12)4-7-14(16)20-13/h4-8,10H,3,9H2,1-2H3. The maximum Gasteiger partial charge on any atom is 0.344 e. The fourth-order valence-electron chi connectivity index (χ4n) is 1.62. The number of ether oxygens (including phenoxy) is 2. The van der Waals surface area contributed by atoms with Crippen LogP contribution in [0.4, 0.5) is 0 Å². The van der Waals surface area contributed by atoms with Crippen molar-refractivity contribution in [1.82, 2.24) is 0 Å². The lowest BCUT2D eigenvalue weighted by molar-refractivity contribution is -0.150. The van der Waals surface area contributed by atoms with Gasteiger partial charge in [-0.2, -0.15) is 0 Å². The van der Waals surface area contributed by atoms with Gasteiger partial charge in [-0.15, -0.1) is 0 Å². The van der Waals surface area contributed by atoms with Gasteiger partial charge in [-0.1, -0.05) is 6.92 Å².